The molecule has 1 aromatic carbocycles. The van der Waals surface area contributed by atoms with Crippen LogP contribution in [0.15, 0.2) is 35.1 Å². The third kappa shape index (κ3) is 3.28. The van der Waals surface area contributed by atoms with Crippen LogP contribution in [0.4, 0.5) is 0 Å². The summed E-state index contributed by atoms with van der Waals surface area (Å²) in [6, 6.07) is 7.80. The third-order valence-corrected chi connectivity index (χ3v) is 5.86. The smallest absolute Gasteiger partial charge is 0.247 e. The molecule has 5 nitrogen and oxygen atoms in total. The lowest BCUT2D eigenvalue weighted by Crippen LogP contribution is -2.41. The first kappa shape index (κ1) is 15.9. The maximum absolute atomic E-state index is 6.55. The first-order valence-corrected chi connectivity index (χ1v) is 9.05. The first-order chi connectivity index (χ1) is 11.8. The van der Waals surface area contributed by atoms with Gasteiger partial charge in [0.15, 0.2) is 0 Å². The number of benzene rings is 1. The molecule has 2 fully saturated rings. The van der Waals surface area contributed by atoms with E-state index in [4.69, 9.17) is 20.8 Å². The number of hydrogen-bond acceptors (Lipinski definition) is 5. The molecule has 128 valence electrons. The Morgan fingerprint density at radius 1 is 1.38 bits per heavy atom. The van der Waals surface area contributed by atoms with Crippen LogP contribution in [-0.4, -0.2) is 35.3 Å². The summed E-state index contributed by atoms with van der Waals surface area (Å²) >= 11 is 6.55. The summed E-state index contributed by atoms with van der Waals surface area (Å²) in [6.45, 7) is 2.74. The highest BCUT2D eigenvalue weighted by molar-refractivity contribution is 6.21. The molecule has 24 heavy (non-hydrogen) atoms. The zero-order chi connectivity index (χ0) is 16.4. The van der Waals surface area contributed by atoms with Crippen molar-refractivity contribution in [3.8, 4) is 17.2 Å². The second-order valence-corrected chi connectivity index (χ2v) is 7.41. The van der Waals surface area contributed by atoms with Crippen molar-refractivity contribution in [2.45, 2.75) is 31.1 Å². The summed E-state index contributed by atoms with van der Waals surface area (Å²) in [4.78, 5) is 0. The number of halogens is 1. The van der Waals surface area contributed by atoms with Gasteiger partial charge in [-0.3, -0.25) is 0 Å². The molecule has 2 heterocycles. The van der Waals surface area contributed by atoms with Gasteiger partial charge in [0, 0.05) is 17.5 Å². The Balaban J connectivity index is 1.35. The Labute approximate surface area is 146 Å². The highest BCUT2D eigenvalue weighted by Crippen LogP contribution is 2.58. The maximum Gasteiger partial charge on any atom is 0.247 e. The SMILES string of the molecule is ClC1CNCCC1C1(CCOc2cccc(-c3nnco3)c2)CC1. The summed E-state index contributed by atoms with van der Waals surface area (Å²) in [5.74, 6) is 1.97. The number of rotatable bonds is 6. The van der Waals surface area contributed by atoms with Crippen LogP contribution < -0.4 is 10.1 Å². The molecule has 1 saturated heterocycles. The van der Waals surface area contributed by atoms with Crippen molar-refractivity contribution in [3.63, 3.8) is 0 Å². The number of hydrogen-bond donors (Lipinski definition) is 1. The lowest BCUT2D eigenvalue weighted by molar-refractivity contribution is 0.188. The maximum atomic E-state index is 6.55. The molecule has 6 heteroatoms. The fourth-order valence-corrected chi connectivity index (χ4v) is 4.37. The third-order valence-electron chi connectivity index (χ3n) is 5.40. The van der Waals surface area contributed by atoms with Crippen LogP contribution in [0, 0.1) is 11.3 Å². The van der Waals surface area contributed by atoms with Gasteiger partial charge in [0.25, 0.3) is 0 Å². The van der Waals surface area contributed by atoms with Crippen LogP contribution in [0.3, 0.4) is 0 Å². The largest absolute Gasteiger partial charge is 0.494 e. The Morgan fingerprint density at radius 2 is 2.29 bits per heavy atom. The molecule has 4 rings (SSSR count). The summed E-state index contributed by atoms with van der Waals surface area (Å²) in [5, 5.41) is 11.3. The molecule has 0 spiro atoms. The average Bonchev–Trinajstić information content (AvgIpc) is 3.18. The van der Waals surface area contributed by atoms with E-state index >= 15 is 0 Å². The van der Waals surface area contributed by atoms with Crippen LogP contribution in [0.25, 0.3) is 11.5 Å². The molecule has 1 aliphatic carbocycles. The highest BCUT2D eigenvalue weighted by atomic mass is 35.5. The van der Waals surface area contributed by atoms with Gasteiger partial charge < -0.3 is 14.5 Å². The van der Waals surface area contributed by atoms with Crippen molar-refractivity contribution in [2.75, 3.05) is 19.7 Å². The molecule has 2 aliphatic rings. The predicted octanol–water partition coefficient (Wildman–Crippen LogP) is 3.50. The quantitative estimate of drug-likeness (QED) is 0.810. The van der Waals surface area contributed by atoms with Crippen molar-refractivity contribution in [1.82, 2.24) is 15.5 Å². The molecule has 1 aliphatic heterocycles. The van der Waals surface area contributed by atoms with E-state index in [0.29, 0.717) is 17.2 Å². The fraction of sp³-hybridized carbons (Fsp3) is 0.556. The summed E-state index contributed by atoms with van der Waals surface area (Å²) in [6.07, 6.45) is 6.16. The van der Waals surface area contributed by atoms with Gasteiger partial charge in [0.2, 0.25) is 12.3 Å². The molecule has 0 bridgehead atoms. The fourth-order valence-electron chi connectivity index (χ4n) is 3.87. The zero-order valence-electron chi connectivity index (χ0n) is 13.6. The molecule has 1 saturated carbocycles. The van der Waals surface area contributed by atoms with Gasteiger partial charge >= 0.3 is 0 Å². The van der Waals surface area contributed by atoms with Crippen molar-refractivity contribution in [1.29, 1.82) is 0 Å². The van der Waals surface area contributed by atoms with Gasteiger partial charge in [-0.25, -0.2) is 0 Å². The second-order valence-electron chi connectivity index (χ2n) is 6.85. The molecule has 1 N–H and O–H groups in total. The van der Waals surface area contributed by atoms with Crippen LogP contribution in [0.1, 0.15) is 25.7 Å². The average molecular weight is 348 g/mol. The molecule has 2 aromatic rings. The summed E-state index contributed by atoms with van der Waals surface area (Å²) in [7, 11) is 0. The van der Waals surface area contributed by atoms with Crippen molar-refractivity contribution in [3.05, 3.63) is 30.7 Å². The first-order valence-electron chi connectivity index (χ1n) is 8.61. The normalized spacial score (nSPS) is 25.4. The Bertz CT molecular complexity index is 673. The monoisotopic (exact) mass is 347 g/mol. The Kier molecular flexibility index (Phi) is 4.46. The minimum atomic E-state index is 0.252. The summed E-state index contributed by atoms with van der Waals surface area (Å²) < 4.78 is 11.2. The van der Waals surface area contributed by atoms with Gasteiger partial charge in [-0.1, -0.05) is 6.07 Å². The predicted molar refractivity (Wildman–Crippen MR) is 92.1 cm³/mol. The Hall–Kier alpha value is -1.59. The van der Waals surface area contributed by atoms with E-state index in [0.717, 1.165) is 37.4 Å². The lowest BCUT2D eigenvalue weighted by Gasteiger charge is -2.34. The number of nitrogens with one attached hydrogen (secondary N) is 1. The number of aromatic nitrogens is 2. The van der Waals surface area contributed by atoms with Crippen molar-refractivity contribution < 1.29 is 9.15 Å². The standard InChI is InChI=1S/C18H22ClN3O2/c19-16-11-20-8-4-15(16)18(5-6-18)7-9-23-14-3-1-2-13(10-14)17-22-21-12-24-17/h1-3,10,12,15-16,20H,4-9,11H2. The number of piperidine rings is 1. The van der Waals surface area contributed by atoms with Crippen LogP contribution >= 0.6 is 11.6 Å². The minimum Gasteiger partial charge on any atom is -0.494 e. The molecular weight excluding hydrogens is 326 g/mol. The number of nitrogens with zero attached hydrogens (tertiary/aromatic N) is 2. The van der Waals surface area contributed by atoms with Crippen LogP contribution in [0.2, 0.25) is 0 Å². The van der Waals surface area contributed by atoms with Gasteiger partial charge in [0.05, 0.1) is 6.61 Å². The van der Waals surface area contributed by atoms with E-state index in [2.05, 4.69) is 15.5 Å². The van der Waals surface area contributed by atoms with E-state index in [1.807, 2.05) is 24.3 Å². The van der Waals surface area contributed by atoms with Gasteiger partial charge in [0.1, 0.15) is 5.75 Å². The van der Waals surface area contributed by atoms with E-state index in [1.54, 1.807) is 0 Å². The van der Waals surface area contributed by atoms with E-state index in [-0.39, 0.29) is 5.38 Å². The minimum absolute atomic E-state index is 0.252. The van der Waals surface area contributed by atoms with E-state index in [1.165, 1.54) is 25.7 Å². The molecule has 2 atom stereocenters. The van der Waals surface area contributed by atoms with Crippen molar-refractivity contribution in [2.24, 2.45) is 11.3 Å². The topological polar surface area (TPSA) is 60.2 Å². The molecule has 1 aromatic heterocycles. The molecule has 2 unspecified atom stereocenters. The van der Waals surface area contributed by atoms with Crippen LogP contribution in [0.5, 0.6) is 5.75 Å². The lowest BCUT2D eigenvalue weighted by atomic mass is 9.80. The molecular formula is C18H22ClN3O2. The van der Waals surface area contributed by atoms with E-state index < -0.39 is 0 Å². The van der Waals surface area contributed by atoms with Gasteiger partial charge in [-0.05, 0) is 61.8 Å². The van der Waals surface area contributed by atoms with E-state index in [9.17, 15) is 0 Å². The molecule has 0 radical (unpaired) electrons. The number of alkyl halides is 1. The second kappa shape index (κ2) is 6.73. The van der Waals surface area contributed by atoms with Crippen molar-refractivity contribution >= 4 is 11.6 Å². The summed E-state index contributed by atoms with van der Waals surface area (Å²) in [5.41, 5.74) is 1.28. The number of ether oxygens (including phenoxy) is 1. The highest BCUT2D eigenvalue weighted by Gasteiger charge is 2.51. The zero-order valence-corrected chi connectivity index (χ0v) is 14.3. The Morgan fingerprint density at radius 3 is 3.04 bits per heavy atom. The van der Waals surface area contributed by atoms with Crippen LogP contribution in [-0.2, 0) is 0 Å². The van der Waals surface area contributed by atoms with Gasteiger partial charge in [-0.15, -0.1) is 21.8 Å². The molecule has 0 amide bonds. The van der Waals surface area contributed by atoms with Gasteiger partial charge in [-0.2, -0.15) is 0 Å².